The minimum Gasteiger partial charge on any atom is -0.458 e. The number of hydrogen-bond acceptors (Lipinski definition) is 4. The highest BCUT2D eigenvalue weighted by atomic mass is 16.6. The second-order valence-corrected chi connectivity index (χ2v) is 6.56. The molecule has 1 heterocycles. The third kappa shape index (κ3) is 2.77. The molecular weight excluding hydrogens is 244 g/mol. The van der Waals surface area contributed by atoms with Gasteiger partial charge in [-0.2, -0.15) is 0 Å². The van der Waals surface area contributed by atoms with Gasteiger partial charge in [0.1, 0.15) is 12.2 Å². The van der Waals surface area contributed by atoms with Gasteiger partial charge in [-0.1, -0.05) is 13.8 Å². The number of hydrogen-bond donors (Lipinski definition) is 0. The van der Waals surface area contributed by atoms with Gasteiger partial charge >= 0.3 is 11.9 Å². The Labute approximate surface area is 114 Å². The highest BCUT2D eigenvalue weighted by molar-refractivity contribution is 5.76. The fraction of sp³-hybridized carbons (Fsp3) is 0.867. The van der Waals surface area contributed by atoms with Crippen molar-refractivity contribution in [2.45, 2.75) is 65.6 Å². The number of esters is 2. The van der Waals surface area contributed by atoms with Crippen molar-refractivity contribution in [2.75, 3.05) is 0 Å². The molecule has 2 bridgehead atoms. The van der Waals surface area contributed by atoms with Gasteiger partial charge < -0.3 is 9.47 Å². The average molecular weight is 268 g/mol. The van der Waals surface area contributed by atoms with E-state index >= 15 is 0 Å². The normalized spacial score (nSPS) is 34.6. The van der Waals surface area contributed by atoms with E-state index in [4.69, 9.17) is 9.47 Å². The van der Waals surface area contributed by atoms with E-state index in [1.165, 1.54) is 0 Å². The summed E-state index contributed by atoms with van der Waals surface area (Å²) in [5, 5.41) is 0. The fourth-order valence-electron chi connectivity index (χ4n) is 2.80. The Bertz CT molecular complexity index is 374. The lowest BCUT2D eigenvalue weighted by Crippen LogP contribution is -2.37. The van der Waals surface area contributed by atoms with E-state index in [0.717, 1.165) is 25.7 Å². The quantitative estimate of drug-likeness (QED) is 0.738. The summed E-state index contributed by atoms with van der Waals surface area (Å²) in [7, 11) is 0. The van der Waals surface area contributed by atoms with Crippen LogP contribution in [0.15, 0.2) is 0 Å². The zero-order valence-corrected chi connectivity index (χ0v) is 12.3. The first kappa shape index (κ1) is 14.4. The zero-order valence-electron chi connectivity index (χ0n) is 12.3. The zero-order chi connectivity index (χ0) is 14.2. The van der Waals surface area contributed by atoms with Gasteiger partial charge in [-0.05, 0) is 39.5 Å². The van der Waals surface area contributed by atoms with Crippen LogP contribution >= 0.6 is 0 Å². The van der Waals surface area contributed by atoms with Gasteiger partial charge in [0.25, 0.3) is 0 Å². The smallest absolute Gasteiger partial charge is 0.311 e. The summed E-state index contributed by atoms with van der Waals surface area (Å²) < 4.78 is 11.2. The number of fused-ring (bicyclic) bond motifs is 2. The Morgan fingerprint density at radius 2 is 2.11 bits per heavy atom. The molecule has 0 amide bonds. The molecule has 2 fully saturated rings. The van der Waals surface area contributed by atoms with E-state index in [9.17, 15) is 9.59 Å². The average Bonchev–Trinajstić information content (AvgIpc) is 2.66. The lowest BCUT2D eigenvalue weighted by atomic mass is 9.90. The summed E-state index contributed by atoms with van der Waals surface area (Å²) in [4.78, 5) is 23.9. The summed E-state index contributed by atoms with van der Waals surface area (Å²) in [5.74, 6) is -0.149. The lowest BCUT2D eigenvalue weighted by Gasteiger charge is -2.27. The van der Waals surface area contributed by atoms with Crippen LogP contribution in [0, 0.1) is 17.3 Å². The van der Waals surface area contributed by atoms with Crippen molar-refractivity contribution < 1.29 is 19.1 Å². The van der Waals surface area contributed by atoms with Crippen LogP contribution in [-0.4, -0.2) is 24.1 Å². The molecular formula is C15H24O4. The molecule has 0 aromatic carbocycles. The molecule has 19 heavy (non-hydrogen) atoms. The van der Waals surface area contributed by atoms with Gasteiger partial charge in [0.05, 0.1) is 11.3 Å². The summed E-state index contributed by atoms with van der Waals surface area (Å²) in [5.41, 5.74) is -0.471. The van der Waals surface area contributed by atoms with Gasteiger partial charge in [-0.3, -0.25) is 9.59 Å². The molecule has 0 aromatic heterocycles. The van der Waals surface area contributed by atoms with Gasteiger partial charge in [0, 0.05) is 5.92 Å². The molecule has 1 aliphatic carbocycles. The van der Waals surface area contributed by atoms with Gasteiger partial charge in [0.2, 0.25) is 0 Å². The standard InChI is InChI=1S/C15H24O4/c1-5-15(3,4)14(17)19-12-10-6-7-11(12)18-13(16)9(2)8-10/h9-12H,5-8H2,1-4H3. The maximum Gasteiger partial charge on any atom is 0.311 e. The van der Waals surface area contributed by atoms with Crippen molar-refractivity contribution in [2.24, 2.45) is 17.3 Å². The highest BCUT2D eigenvalue weighted by Gasteiger charge is 2.46. The van der Waals surface area contributed by atoms with Crippen LogP contribution < -0.4 is 0 Å². The third-order valence-corrected chi connectivity index (χ3v) is 4.66. The van der Waals surface area contributed by atoms with E-state index in [1.807, 2.05) is 27.7 Å². The Hall–Kier alpha value is -1.06. The first-order valence-corrected chi connectivity index (χ1v) is 7.26. The summed E-state index contributed by atoms with van der Waals surface area (Å²) >= 11 is 0. The van der Waals surface area contributed by atoms with E-state index < -0.39 is 5.41 Å². The Balaban J connectivity index is 2.08. The summed E-state index contributed by atoms with van der Waals surface area (Å²) in [6, 6.07) is 0. The SMILES string of the molecule is CCC(C)(C)C(=O)OC1C2CCC1OC(=O)C(C)C2. The summed E-state index contributed by atoms with van der Waals surface area (Å²) in [6.45, 7) is 7.65. The van der Waals surface area contributed by atoms with Crippen molar-refractivity contribution in [3.05, 3.63) is 0 Å². The molecule has 4 atom stereocenters. The summed E-state index contributed by atoms with van der Waals surface area (Å²) in [6.07, 6.45) is 2.82. The Morgan fingerprint density at radius 1 is 1.42 bits per heavy atom. The van der Waals surface area contributed by atoms with Crippen molar-refractivity contribution in [3.8, 4) is 0 Å². The van der Waals surface area contributed by atoms with E-state index in [-0.39, 0.29) is 36.0 Å². The molecule has 0 radical (unpaired) electrons. The molecule has 1 saturated heterocycles. The van der Waals surface area contributed by atoms with Crippen LogP contribution in [0.25, 0.3) is 0 Å². The number of ether oxygens (including phenoxy) is 2. The molecule has 4 heteroatoms. The molecule has 4 unspecified atom stereocenters. The molecule has 1 aliphatic heterocycles. The highest BCUT2D eigenvalue weighted by Crippen LogP contribution is 2.40. The first-order valence-electron chi connectivity index (χ1n) is 7.26. The van der Waals surface area contributed by atoms with E-state index in [0.29, 0.717) is 0 Å². The van der Waals surface area contributed by atoms with Crippen LogP contribution in [0.3, 0.4) is 0 Å². The predicted molar refractivity (Wildman–Crippen MR) is 70.3 cm³/mol. The predicted octanol–water partition coefficient (Wildman–Crippen LogP) is 2.70. The van der Waals surface area contributed by atoms with Crippen molar-refractivity contribution in [1.82, 2.24) is 0 Å². The van der Waals surface area contributed by atoms with Crippen LogP contribution in [0.5, 0.6) is 0 Å². The van der Waals surface area contributed by atoms with Gasteiger partial charge in [0.15, 0.2) is 0 Å². The van der Waals surface area contributed by atoms with Crippen LogP contribution in [-0.2, 0) is 19.1 Å². The fourth-order valence-corrected chi connectivity index (χ4v) is 2.80. The molecule has 4 nitrogen and oxygen atoms in total. The van der Waals surface area contributed by atoms with Crippen LogP contribution in [0.1, 0.15) is 53.4 Å². The maximum absolute atomic E-state index is 12.2. The topological polar surface area (TPSA) is 52.6 Å². The largest absolute Gasteiger partial charge is 0.458 e. The second-order valence-electron chi connectivity index (χ2n) is 6.56. The monoisotopic (exact) mass is 268 g/mol. The van der Waals surface area contributed by atoms with Crippen molar-refractivity contribution in [1.29, 1.82) is 0 Å². The van der Waals surface area contributed by atoms with Gasteiger partial charge in [-0.25, -0.2) is 0 Å². The minimum absolute atomic E-state index is 0.0873. The molecule has 0 aromatic rings. The second kappa shape index (κ2) is 5.14. The first-order chi connectivity index (χ1) is 8.85. The molecule has 0 spiro atoms. The minimum atomic E-state index is -0.471. The van der Waals surface area contributed by atoms with Crippen LogP contribution in [0.2, 0.25) is 0 Å². The third-order valence-electron chi connectivity index (χ3n) is 4.66. The molecule has 1 saturated carbocycles. The number of carbonyl (C=O) groups is 2. The number of carbonyl (C=O) groups excluding carboxylic acids is 2. The maximum atomic E-state index is 12.2. The number of rotatable bonds is 3. The van der Waals surface area contributed by atoms with Gasteiger partial charge in [-0.15, -0.1) is 0 Å². The molecule has 0 N–H and O–H groups in total. The molecule has 108 valence electrons. The van der Waals surface area contributed by atoms with E-state index in [2.05, 4.69) is 0 Å². The lowest BCUT2D eigenvalue weighted by molar-refractivity contribution is -0.172. The Morgan fingerprint density at radius 3 is 2.74 bits per heavy atom. The Kier molecular flexibility index (Phi) is 3.88. The van der Waals surface area contributed by atoms with Crippen molar-refractivity contribution in [3.63, 3.8) is 0 Å². The van der Waals surface area contributed by atoms with Crippen molar-refractivity contribution >= 4 is 11.9 Å². The molecule has 2 rings (SSSR count). The van der Waals surface area contributed by atoms with E-state index in [1.54, 1.807) is 0 Å². The van der Waals surface area contributed by atoms with Crippen LogP contribution in [0.4, 0.5) is 0 Å². The molecule has 2 aliphatic rings.